The zero-order valence-electron chi connectivity index (χ0n) is 12.4. The first-order chi connectivity index (χ1) is 9.79. The molecule has 0 aromatic heterocycles. The summed E-state index contributed by atoms with van der Waals surface area (Å²) in [5.74, 6) is 2.68. The molecule has 2 heteroatoms. The van der Waals surface area contributed by atoms with Gasteiger partial charge in [0.05, 0.1) is 0 Å². The average molecular weight is 275 g/mol. The molecule has 0 saturated heterocycles. The van der Waals surface area contributed by atoms with E-state index in [0.717, 1.165) is 30.7 Å². The highest BCUT2D eigenvalue weighted by atomic mass is 19.1. The lowest BCUT2D eigenvalue weighted by Gasteiger charge is -2.19. The number of fused-ring (bicyclic) bond motifs is 1. The van der Waals surface area contributed by atoms with Gasteiger partial charge in [-0.25, -0.2) is 4.39 Å². The van der Waals surface area contributed by atoms with Crippen molar-refractivity contribution in [3.63, 3.8) is 0 Å². The Balaban J connectivity index is 1.65. The van der Waals surface area contributed by atoms with Crippen molar-refractivity contribution < 1.29 is 4.39 Å². The zero-order valence-corrected chi connectivity index (χ0v) is 12.4. The van der Waals surface area contributed by atoms with Crippen LogP contribution in [0.5, 0.6) is 0 Å². The topological polar surface area (TPSA) is 12.0 Å². The second-order valence-corrected chi connectivity index (χ2v) is 6.58. The van der Waals surface area contributed by atoms with Crippen molar-refractivity contribution >= 4 is 0 Å². The number of halogens is 1. The number of nitrogens with one attached hydrogen (secondary N) is 1. The molecule has 1 N–H and O–H groups in total. The lowest BCUT2D eigenvalue weighted by molar-refractivity contribution is 0.427. The summed E-state index contributed by atoms with van der Waals surface area (Å²) in [6.07, 6.45) is 7.95. The molecule has 2 saturated carbocycles. The first kappa shape index (κ1) is 14.1. The van der Waals surface area contributed by atoms with E-state index in [2.05, 4.69) is 12.2 Å². The van der Waals surface area contributed by atoms with Crippen LogP contribution in [-0.2, 0) is 6.42 Å². The van der Waals surface area contributed by atoms with Crippen LogP contribution >= 0.6 is 0 Å². The van der Waals surface area contributed by atoms with Gasteiger partial charge in [-0.1, -0.05) is 31.9 Å². The Morgan fingerprint density at radius 1 is 1.15 bits per heavy atom. The van der Waals surface area contributed by atoms with Crippen molar-refractivity contribution in [2.75, 3.05) is 6.54 Å². The highest BCUT2D eigenvalue weighted by molar-refractivity contribution is 5.19. The van der Waals surface area contributed by atoms with E-state index < -0.39 is 0 Å². The van der Waals surface area contributed by atoms with Crippen LogP contribution in [0.25, 0.3) is 0 Å². The van der Waals surface area contributed by atoms with E-state index in [0.29, 0.717) is 6.04 Å². The second kappa shape index (κ2) is 6.26. The van der Waals surface area contributed by atoms with Crippen LogP contribution in [0.4, 0.5) is 4.39 Å². The number of benzene rings is 1. The lowest BCUT2D eigenvalue weighted by atomic mass is 9.99. The highest BCUT2D eigenvalue weighted by Gasteiger charge is 2.53. The molecule has 0 heterocycles. The van der Waals surface area contributed by atoms with Gasteiger partial charge >= 0.3 is 0 Å². The summed E-state index contributed by atoms with van der Waals surface area (Å²) in [5, 5.41) is 3.76. The smallest absolute Gasteiger partial charge is 0.123 e. The molecule has 3 rings (SSSR count). The second-order valence-electron chi connectivity index (χ2n) is 6.58. The fourth-order valence-electron chi connectivity index (χ4n) is 4.19. The van der Waals surface area contributed by atoms with E-state index in [1.54, 1.807) is 12.1 Å². The highest BCUT2D eigenvalue weighted by Crippen LogP contribution is 2.57. The van der Waals surface area contributed by atoms with E-state index in [-0.39, 0.29) is 5.82 Å². The molecule has 1 nitrogen and oxygen atoms in total. The molecule has 2 aliphatic rings. The van der Waals surface area contributed by atoms with Gasteiger partial charge in [-0.2, -0.15) is 0 Å². The number of rotatable bonds is 6. The van der Waals surface area contributed by atoms with Crippen LogP contribution in [0.15, 0.2) is 24.3 Å². The molecule has 0 amide bonds. The van der Waals surface area contributed by atoms with Gasteiger partial charge in [0.15, 0.2) is 0 Å². The lowest BCUT2D eigenvalue weighted by Crippen LogP contribution is -2.34. The minimum Gasteiger partial charge on any atom is -0.313 e. The molecule has 2 aliphatic carbocycles. The fourth-order valence-corrected chi connectivity index (χ4v) is 4.19. The van der Waals surface area contributed by atoms with Gasteiger partial charge in [-0.15, -0.1) is 0 Å². The summed E-state index contributed by atoms with van der Waals surface area (Å²) in [6, 6.07) is 7.66. The molecule has 1 aromatic rings. The van der Waals surface area contributed by atoms with E-state index in [1.807, 2.05) is 12.1 Å². The average Bonchev–Trinajstić information content (AvgIpc) is 3.20. The number of hydrogen-bond acceptors (Lipinski definition) is 1. The largest absolute Gasteiger partial charge is 0.313 e. The standard InChI is InChI=1S/C18H26FN/c1-2-11-20-17(12-13-7-9-14(19)10-8-13)18-15-5-3-4-6-16(15)18/h7-10,15-18,20H,2-6,11-12H2,1H3. The van der Waals surface area contributed by atoms with Gasteiger partial charge in [-0.05, 0) is 67.7 Å². The molecule has 0 aliphatic heterocycles. The summed E-state index contributed by atoms with van der Waals surface area (Å²) in [4.78, 5) is 0. The normalized spacial score (nSPS) is 29.8. The Morgan fingerprint density at radius 2 is 1.80 bits per heavy atom. The molecule has 0 bridgehead atoms. The molecule has 3 unspecified atom stereocenters. The summed E-state index contributed by atoms with van der Waals surface area (Å²) >= 11 is 0. The zero-order chi connectivity index (χ0) is 13.9. The minimum absolute atomic E-state index is 0.132. The monoisotopic (exact) mass is 275 g/mol. The van der Waals surface area contributed by atoms with Crippen LogP contribution in [0.2, 0.25) is 0 Å². The summed E-state index contributed by atoms with van der Waals surface area (Å²) < 4.78 is 13.0. The van der Waals surface area contributed by atoms with Gasteiger partial charge in [0.1, 0.15) is 5.82 Å². The van der Waals surface area contributed by atoms with Crippen molar-refractivity contribution in [3.8, 4) is 0 Å². The molecule has 20 heavy (non-hydrogen) atoms. The third-order valence-corrected chi connectivity index (χ3v) is 5.21. The van der Waals surface area contributed by atoms with Gasteiger partial charge in [0.2, 0.25) is 0 Å². The molecule has 3 atom stereocenters. The Hall–Kier alpha value is -0.890. The SMILES string of the molecule is CCCNC(Cc1ccc(F)cc1)C1C2CCCCC21. The van der Waals surface area contributed by atoms with Crippen molar-refractivity contribution in [1.29, 1.82) is 0 Å². The van der Waals surface area contributed by atoms with Crippen molar-refractivity contribution in [3.05, 3.63) is 35.6 Å². The summed E-state index contributed by atoms with van der Waals surface area (Å²) in [7, 11) is 0. The Bertz CT molecular complexity index is 416. The third kappa shape index (κ3) is 3.06. The quantitative estimate of drug-likeness (QED) is 0.821. The fraction of sp³-hybridized carbons (Fsp3) is 0.667. The molecule has 2 fully saturated rings. The summed E-state index contributed by atoms with van der Waals surface area (Å²) in [6.45, 7) is 3.32. The molecule has 0 spiro atoms. The van der Waals surface area contributed by atoms with Gasteiger partial charge in [0, 0.05) is 6.04 Å². The maximum absolute atomic E-state index is 13.0. The van der Waals surface area contributed by atoms with Gasteiger partial charge < -0.3 is 5.32 Å². The maximum Gasteiger partial charge on any atom is 0.123 e. The van der Waals surface area contributed by atoms with E-state index >= 15 is 0 Å². The molecule has 110 valence electrons. The van der Waals surface area contributed by atoms with Crippen molar-refractivity contribution in [1.82, 2.24) is 5.32 Å². The van der Waals surface area contributed by atoms with Crippen LogP contribution in [0, 0.1) is 23.6 Å². The Kier molecular flexibility index (Phi) is 4.40. The Labute approximate surface area is 122 Å². The van der Waals surface area contributed by atoms with E-state index in [1.165, 1.54) is 37.7 Å². The first-order valence-electron chi connectivity index (χ1n) is 8.27. The predicted molar refractivity (Wildman–Crippen MR) is 81.1 cm³/mol. The minimum atomic E-state index is -0.132. The van der Waals surface area contributed by atoms with Crippen LogP contribution in [0.1, 0.15) is 44.6 Å². The molecular weight excluding hydrogens is 249 g/mol. The predicted octanol–water partition coefficient (Wildman–Crippen LogP) is 4.17. The van der Waals surface area contributed by atoms with E-state index in [9.17, 15) is 4.39 Å². The van der Waals surface area contributed by atoms with Crippen LogP contribution in [0.3, 0.4) is 0 Å². The first-order valence-corrected chi connectivity index (χ1v) is 8.27. The number of hydrogen-bond donors (Lipinski definition) is 1. The van der Waals surface area contributed by atoms with Gasteiger partial charge in [-0.3, -0.25) is 0 Å². The van der Waals surface area contributed by atoms with Gasteiger partial charge in [0.25, 0.3) is 0 Å². The van der Waals surface area contributed by atoms with Crippen LogP contribution in [-0.4, -0.2) is 12.6 Å². The van der Waals surface area contributed by atoms with Crippen molar-refractivity contribution in [2.24, 2.45) is 17.8 Å². The molecular formula is C18H26FN. The Morgan fingerprint density at radius 3 is 2.40 bits per heavy atom. The molecule has 1 aromatic carbocycles. The summed E-state index contributed by atoms with van der Waals surface area (Å²) in [5.41, 5.74) is 1.27. The maximum atomic E-state index is 13.0. The van der Waals surface area contributed by atoms with Crippen LogP contribution < -0.4 is 5.32 Å². The third-order valence-electron chi connectivity index (χ3n) is 5.21. The molecule has 0 radical (unpaired) electrons. The van der Waals surface area contributed by atoms with Crippen molar-refractivity contribution in [2.45, 2.75) is 51.5 Å². The van der Waals surface area contributed by atoms with E-state index in [4.69, 9.17) is 0 Å².